The van der Waals surface area contributed by atoms with Crippen LogP contribution < -0.4 is 10.0 Å². The minimum absolute atomic E-state index is 0.0538. The minimum atomic E-state index is -3.75. The van der Waals surface area contributed by atoms with E-state index < -0.39 is 10.0 Å². The highest BCUT2D eigenvalue weighted by Crippen LogP contribution is 2.22. The summed E-state index contributed by atoms with van der Waals surface area (Å²) in [5, 5.41) is 2.82. The van der Waals surface area contributed by atoms with Crippen LogP contribution in [0.5, 0.6) is 0 Å². The molecule has 2 N–H and O–H groups in total. The molecule has 1 amide bonds. The Balaban J connectivity index is 2.03. The highest BCUT2D eigenvalue weighted by Gasteiger charge is 2.16. The molecule has 26 heavy (non-hydrogen) atoms. The van der Waals surface area contributed by atoms with Crippen LogP contribution in [-0.2, 0) is 10.0 Å². The molecule has 0 unspecified atom stereocenters. The lowest BCUT2D eigenvalue weighted by Crippen LogP contribution is -2.27. The highest BCUT2D eigenvalue weighted by atomic mass is 32.2. The van der Waals surface area contributed by atoms with Crippen molar-refractivity contribution in [2.45, 2.75) is 30.4 Å². The molecule has 0 saturated carbocycles. The molecule has 0 radical (unpaired) electrons. The highest BCUT2D eigenvalue weighted by molar-refractivity contribution is 8.00. The van der Waals surface area contributed by atoms with E-state index in [1.54, 1.807) is 54.2 Å². The molecule has 5 nitrogen and oxygen atoms in total. The molecule has 2 aromatic carbocycles. The van der Waals surface area contributed by atoms with Crippen molar-refractivity contribution in [3.63, 3.8) is 0 Å². The molecule has 0 spiro atoms. The second-order valence-electron chi connectivity index (χ2n) is 6.72. The maximum Gasteiger partial charge on any atom is 0.261 e. The van der Waals surface area contributed by atoms with E-state index in [1.807, 2.05) is 0 Å². The zero-order valence-corrected chi connectivity index (χ0v) is 16.8. The molecule has 7 heteroatoms. The molecule has 2 aromatic rings. The summed E-state index contributed by atoms with van der Waals surface area (Å²) >= 11 is 1.76. The van der Waals surface area contributed by atoms with Gasteiger partial charge in [-0.05, 0) is 30.3 Å². The Bertz CT molecular complexity index is 845. The quantitative estimate of drug-likeness (QED) is 0.704. The normalized spacial score (nSPS) is 11.8. The molecule has 0 aliphatic rings. The first-order valence-electron chi connectivity index (χ1n) is 8.27. The lowest BCUT2D eigenvalue weighted by atomic mass is 10.2. The van der Waals surface area contributed by atoms with Crippen molar-refractivity contribution in [3.05, 3.63) is 60.2 Å². The van der Waals surface area contributed by atoms with E-state index in [-0.39, 0.29) is 15.5 Å². The van der Waals surface area contributed by atoms with Gasteiger partial charge in [0.2, 0.25) is 0 Å². The molecule has 0 aliphatic heterocycles. The number of sulfonamides is 1. The fraction of sp³-hybridized carbons (Fsp3) is 0.316. The molecule has 0 heterocycles. The summed E-state index contributed by atoms with van der Waals surface area (Å²) < 4.78 is 27.6. The van der Waals surface area contributed by atoms with Crippen molar-refractivity contribution in [1.82, 2.24) is 5.32 Å². The first-order valence-corrected chi connectivity index (χ1v) is 10.7. The molecular formula is C19H24N2O3S2. The molecule has 0 fully saturated rings. The van der Waals surface area contributed by atoms with Gasteiger partial charge in [0.05, 0.1) is 4.90 Å². The molecule has 0 atom stereocenters. The monoisotopic (exact) mass is 392 g/mol. The van der Waals surface area contributed by atoms with Crippen molar-refractivity contribution in [2.24, 2.45) is 0 Å². The standard InChI is InChI=1S/C19H24N2O3S2/c1-19(2,3)25-13-12-20-18(22)15-8-7-11-17(14-15)26(23,24)21-16-9-5-4-6-10-16/h4-11,14,21H,12-13H2,1-3H3,(H,20,22). The van der Waals surface area contributed by atoms with Crippen LogP contribution >= 0.6 is 11.8 Å². The maximum absolute atomic E-state index is 12.5. The van der Waals surface area contributed by atoms with Crippen molar-refractivity contribution in [1.29, 1.82) is 0 Å². The number of amides is 1. The smallest absolute Gasteiger partial charge is 0.261 e. The van der Waals surface area contributed by atoms with E-state index in [2.05, 4.69) is 30.8 Å². The van der Waals surface area contributed by atoms with Crippen LogP contribution in [0.2, 0.25) is 0 Å². The zero-order valence-electron chi connectivity index (χ0n) is 15.2. The number of anilines is 1. The van der Waals surface area contributed by atoms with Gasteiger partial charge in [0.1, 0.15) is 0 Å². The fourth-order valence-corrected chi connectivity index (χ4v) is 4.07. The summed E-state index contributed by atoms with van der Waals surface area (Å²) in [5.74, 6) is 0.513. The summed E-state index contributed by atoms with van der Waals surface area (Å²) in [4.78, 5) is 12.3. The second kappa shape index (κ2) is 8.60. The fourth-order valence-electron chi connectivity index (χ4n) is 2.15. The van der Waals surface area contributed by atoms with Gasteiger partial charge in [-0.25, -0.2) is 8.42 Å². The van der Waals surface area contributed by atoms with E-state index >= 15 is 0 Å². The van der Waals surface area contributed by atoms with Gasteiger partial charge in [0.15, 0.2) is 0 Å². The van der Waals surface area contributed by atoms with Gasteiger partial charge in [-0.2, -0.15) is 11.8 Å². The van der Waals surface area contributed by atoms with Crippen LogP contribution in [0, 0.1) is 0 Å². The minimum Gasteiger partial charge on any atom is -0.351 e. The summed E-state index contributed by atoms with van der Waals surface area (Å²) in [6, 6.07) is 14.7. The summed E-state index contributed by atoms with van der Waals surface area (Å²) in [6.07, 6.45) is 0. The van der Waals surface area contributed by atoms with Gasteiger partial charge in [0.25, 0.3) is 15.9 Å². The molecule has 140 valence electrons. The molecule has 2 rings (SSSR count). The van der Waals surface area contributed by atoms with Gasteiger partial charge in [-0.1, -0.05) is 45.0 Å². The van der Waals surface area contributed by atoms with E-state index in [4.69, 9.17) is 0 Å². The lowest BCUT2D eigenvalue weighted by molar-refractivity contribution is 0.0956. The van der Waals surface area contributed by atoms with Crippen LogP contribution in [0.3, 0.4) is 0 Å². The third kappa shape index (κ3) is 6.38. The summed E-state index contributed by atoms with van der Waals surface area (Å²) in [7, 11) is -3.75. The predicted molar refractivity (Wildman–Crippen MR) is 108 cm³/mol. The van der Waals surface area contributed by atoms with E-state index in [0.717, 1.165) is 5.75 Å². The summed E-state index contributed by atoms with van der Waals surface area (Å²) in [5.41, 5.74) is 0.795. The number of para-hydroxylation sites is 1. The van der Waals surface area contributed by atoms with E-state index in [9.17, 15) is 13.2 Å². The van der Waals surface area contributed by atoms with E-state index in [1.165, 1.54) is 12.1 Å². The molecule has 0 bridgehead atoms. The van der Waals surface area contributed by atoms with Gasteiger partial charge >= 0.3 is 0 Å². The third-order valence-electron chi connectivity index (χ3n) is 3.36. The van der Waals surface area contributed by atoms with Gasteiger partial charge in [-0.15, -0.1) is 0 Å². The first kappa shape index (κ1) is 20.3. The Labute approximate surface area is 159 Å². The molecule has 0 aliphatic carbocycles. The molecule has 0 saturated heterocycles. The SMILES string of the molecule is CC(C)(C)SCCNC(=O)c1cccc(S(=O)(=O)Nc2ccccc2)c1. The maximum atomic E-state index is 12.5. The second-order valence-corrected chi connectivity index (χ2v) is 10.3. The van der Waals surface area contributed by atoms with Crippen molar-refractivity contribution in [2.75, 3.05) is 17.0 Å². The Morgan fingerprint density at radius 3 is 2.38 bits per heavy atom. The average Bonchev–Trinajstić information content (AvgIpc) is 2.58. The van der Waals surface area contributed by atoms with Crippen LogP contribution in [0.25, 0.3) is 0 Å². The van der Waals surface area contributed by atoms with Crippen LogP contribution in [0.1, 0.15) is 31.1 Å². The van der Waals surface area contributed by atoms with Crippen LogP contribution in [0.15, 0.2) is 59.5 Å². The largest absolute Gasteiger partial charge is 0.351 e. The number of thioether (sulfide) groups is 1. The van der Waals surface area contributed by atoms with Crippen molar-refractivity contribution >= 4 is 33.4 Å². The molecule has 0 aromatic heterocycles. The lowest BCUT2D eigenvalue weighted by Gasteiger charge is -2.17. The third-order valence-corrected chi connectivity index (χ3v) is 6.01. The Morgan fingerprint density at radius 1 is 1.04 bits per heavy atom. The number of carbonyl (C=O) groups excluding carboxylic acids is 1. The number of hydrogen-bond acceptors (Lipinski definition) is 4. The van der Waals surface area contributed by atoms with Crippen LogP contribution in [-0.4, -0.2) is 31.4 Å². The predicted octanol–water partition coefficient (Wildman–Crippen LogP) is 3.75. The van der Waals surface area contributed by atoms with E-state index in [0.29, 0.717) is 17.8 Å². The van der Waals surface area contributed by atoms with Gasteiger partial charge in [-0.3, -0.25) is 9.52 Å². The average molecular weight is 393 g/mol. The number of nitrogens with one attached hydrogen (secondary N) is 2. The van der Waals surface area contributed by atoms with Crippen molar-refractivity contribution in [3.8, 4) is 0 Å². The Morgan fingerprint density at radius 2 is 1.73 bits per heavy atom. The van der Waals surface area contributed by atoms with Crippen molar-refractivity contribution < 1.29 is 13.2 Å². The summed E-state index contributed by atoms with van der Waals surface area (Å²) in [6.45, 7) is 6.88. The van der Waals surface area contributed by atoms with Gasteiger partial charge < -0.3 is 5.32 Å². The topological polar surface area (TPSA) is 75.3 Å². The number of benzene rings is 2. The Hall–Kier alpha value is -1.99. The van der Waals surface area contributed by atoms with Crippen LogP contribution in [0.4, 0.5) is 5.69 Å². The first-order chi connectivity index (χ1) is 12.2. The number of hydrogen-bond donors (Lipinski definition) is 2. The molecular weight excluding hydrogens is 368 g/mol. The van der Waals surface area contributed by atoms with Gasteiger partial charge in [0, 0.05) is 28.3 Å². The number of carbonyl (C=O) groups is 1. The number of rotatable bonds is 7. The zero-order chi connectivity index (χ0) is 19.2. The Kier molecular flexibility index (Phi) is 6.72.